The molecule has 0 unspecified atom stereocenters. The number of hydrogen-bond acceptors (Lipinski definition) is 6. The van der Waals surface area contributed by atoms with Crippen LogP contribution in [0.1, 0.15) is 26.4 Å². The lowest BCUT2D eigenvalue weighted by molar-refractivity contribution is 0.0549. The third-order valence-electron chi connectivity index (χ3n) is 4.19. The van der Waals surface area contributed by atoms with Gasteiger partial charge in [0.25, 0.3) is 0 Å². The van der Waals surface area contributed by atoms with Crippen LogP contribution in [-0.2, 0) is 9.47 Å². The van der Waals surface area contributed by atoms with Gasteiger partial charge in [0, 0.05) is 9.13 Å². The Bertz CT molecular complexity index is 1060. The Labute approximate surface area is 175 Å². The van der Waals surface area contributed by atoms with E-state index in [2.05, 4.69) is 27.7 Å². The highest BCUT2D eigenvalue weighted by molar-refractivity contribution is 14.1. The van der Waals surface area contributed by atoms with E-state index in [0.717, 1.165) is 9.13 Å². The number of aromatic hydroxyl groups is 1. The Morgan fingerprint density at radius 1 is 1.07 bits per heavy atom. The molecule has 0 saturated heterocycles. The first-order valence-corrected chi connectivity index (χ1v) is 9.31. The molecule has 28 heavy (non-hydrogen) atoms. The average molecular weight is 492 g/mol. The van der Waals surface area contributed by atoms with Crippen LogP contribution in [0.3, 0.4) is 0 Å². The fourth-order valence-electron chi connectivity index (χ4n) is 2.80. The number of methoxy groups -OCH3 is 2. The number of rotatable bonds is 4. The topological polar surface area (TPSA) is 90.6 Å². The maximum Gasteiger partial charge on any atom is 0.357 e. The molecule has 3 rings (SSSR count). The van der Waals surface area contributed by atoms with E-state index >= 15 is 0 Å². The molecule has 0 aliphatic rings. The van der Waals surface area contributed by atoms with Crippen molar-refractivity contribution in [2.24, 2.45) is 0 Å². The van der Waals surface area contributed by atoms with Crippen molar-refractivity contribution >= 4 is 34.5 Å². The highest BCUT2D eigenvalue weighted by atomic mass is 127. The smallest absolute Gasteiger partial charge is 0.357 e. The average Bonchev–Trinajstić information content (AvgIpc) is 3.10. The van der Waals surface area contributed by atoms with E-state index in [1.165, 1.54) is 18.9 Å². The molecule has 0 amide bonds. The van der Waals surface area contributed by atoms with Gasteiger partial charge >= 0.3 is 11.9 Å². The van der Waals surface area contributed by atoms with Crippen molar-refractivity contribution in [2.75, 3.05) is 14.2 Å². The number of hydrogen-bond donors (Lipinski definition) is 1. The third kappa shape index (κ3) is 3.47. The standard InChI is InChI=1S/C20H17IN2O5/c1-11-9-15(24)13(10-14(11)21)17-16(19(25)27-2)18(20(26)28-3)23(22-17)12-7-5-4-6-8-12/h4-10,24H,1-3H3. The van der Waals surface area contributed by atoms with E-state index in [0.29, 0.717) is 11.3 Å². The minimum Gasteiger partial charge on any atom is -0.507 e. The summed E-state index contributed by atoms with van der Waals surface area (Å²) in [5.41, 5.74) is 1.72. The molecule has 8 heteroatoms. The summed E-state index contributed by atoms with van der Waals surface area (Å²) in [5.74, 6) is -1.56. The number of para-hydroxylation sites is 1. The lowest BCUT2D eigenvalue weighted by atomic mass is 10.0. The monoisotopic (exact) mass is 492 g/mol. The minimum absolute atomic E-state index is 0.0582. The number of carbonyl (C=O) groups excluding carboxylic acids is 2. The first kappa shape index (κ1) is 19.9. The van der Waals surface area contributed by atoms with Crippen LogP contribution in [-0.4, -0.2) is 41.0 Å². The van der Waals surface area contributed by atoms with Crippen molar-refractivity contribution in [3.8, 4) is 22.7 Å². The van der Waals surface area contributed by atoms with E-state index < -0.39 is 11.9 Å². The van der Waals surface area contributed by atoms with Gasteiger partial charge in [0.2, 0.25) is 0 Å². The molecule has 1 heterocycles. The van der Waals surface area contributed by atoms with Gasteiger partial charge in [-0.25, -0.2) is 14.3 Å². The molecule has 2 aromatic carbocycles. The fraction of sp³-hybridized carbons (Fsp3) is 0.150. The number of carbonyl (C=O) groups is 2. The molecule has 0 bridgehead atoms. The molecule has 0 aliphatic heterocycles. The Hall–Kier alpha value is -2.88. The van der Waals surface area contributed by atoms with Crippen LogP contribution < -0.4 is 0 Å². The van der Waals surface area contributed by atoms with Crippen molar-refractivity contribution in [1.29, 1.82) is 0 Å². The van der Waals surface area contributed by atoms with E-state index in [-0.39, 0.29) is 22.7 Å². The summed E-state index contributed by atoms with van der Waals surface area (Å²) < 4.78 is 12.0. The second-order valence-corrected chi connectivity index (χ2v) is 7.08. The number of ether oxygens (including phenoxy) is 2. The second-order valence-electron chi connectivity index (χ2n) is 5.92. The number of benzene rings is 2. The van der Waals surface area contributed by atoms with Gasteiger partial charge in [-0.05, 0) is 59.3 Å². The Morgan fingerprint density at radius 2 is 1.71 bits per heavy atom. The van der Waals surface area contributed by atoms with Crippen molar-refractivity contribution in [1.82, 2.24) is 9.78 Å². The van der Waals surface area contributed by atoms with Crippen LogP contribution in [0.2, 0.25) is 0 Å². The van der Waals surface area contributed by atoms with Gasteiger partial charge in [-0.1, -0.05) is 18.2 Å². The molecular formula is C20H17IN2O5. The predicted octanol–water partition coefficient (Wildman–Crippen LogP) is 3.73. The van der Waals surface area contributed by atoms with E-state index in [4.69, 9.17) is 9.47 Å². The first-order valence-electron chi connectivity index (χ1n) is 8.23. The van der Waals surface area contributed by atoms with Gasteiger partial charge in [-0.15, -0.1) is 0 Å². The predicted molar refractivity (Wildman–Crippen MR) is 111 cm³/mol. The van der Waals surface area contributed by atoms with Crippen molar-refractivity contribution in [3.05, 3.63) is 62.9 Å². The summed E-state index contributed by atoms with van der Waals surface area (Å²) in [7, 11) is 2.43. The molecule has 1 N–H and O–H groups in total. The third-order valence-corrected chi connectivity index (χ3v) is 5.35. The van der Waals surface area contributed by atoms with E-state index in [9.17, 15) is 14.7 Å². The van der Waals surface area contributed by atoms with Crippen LogP contribution in [0.25, 0.3) is 16.9 Å². The number of aromatic nitrogens is 2. The van der Waals surface area contributed by atoms with Crippen LogP contribution in [0.15, 0.2) is 42.5 Å². The van der Waals surface area contributed by atoms with Crippen molar-refractivity contribution < 1.29 is 24.2 Å². The maximum atomic E-state index is 12.6. The Kier molecular flexibility index (Phi) is 5.68. The molecule has 144 valence electrons. The van der Waals surface area contributed by atoms with Gasteiger partial charge < -0.3 is 14.6 Å². The second kappa shape index (κ2) is 8.01. The highest BCUT2D eigenvalue weighted by Gasteiger charge is 2.32. The number of esters is 2. The van der Waals surface area contributed by atoms with Crippen LogP contribution in [0, 0.1) is 10.5 Å². The zero-order valence-electron chi connectivity index (χ0n) is 15.4. The molecule has 7 nitrogen and oxygen atoms in total. The molecule has 1 aromatic heterocycles. The number of halogens is 1. The number of phenolic OH excluding ortho intramolecular Hbond substituents is 1. The van der Waals surface area contributed by atoms with E-state index in [1.807, 2.05) is 13.0 Å². The number of nitrogens with zero attached hydrogens (tertiary/aromatic N) is 2. The van der Waals surface area contributed by atoms with Gasteiger partial charge in [0.05, 0.1) is 19.9 Å². The summed E-state index contributed by atoms with van der Waals surface area (Å²) in [4.78, 5) is 25.1. The van der Waals surface area contributed by atoms with Crippen LogP contribution in [0.5, 0.6) is 5.75 Å². The minimum atomic E-state index is -0.757. The molecule has 0 atom stereocenters. The number of aryl methyl sites for hydroxylation is 1. The maximum absolute atomic E-state index is 12.6. The molecule has 0 spiro atoms. The summed E-state index contributed by atoms with van der Waals surface area (Å²) in [6, 6.07) is 12.1. The quantitative estimate of drug-likeness (QED) is 0.441. The molecule has 0 radical (unpaired) electrons. The highest BCUT2D eigenvalue weighted by Crippen LogP contribution is 2.36. The van der Waals surface area contributed by atoms with Gasteiger partial charge in [0.1, 0.15) is 17.0 Å². The van der Waals surface area contributed by atoms with Crippen LogP contribution in [0.4, 0.5) is 0 Å². The largest absolute Gasteiger partial charge is 0.507 e. The van der Waals surface area contributed by atoms with Gasteiger partial charge in [0.15, 0.2) is 5.69 Å². The normalized spacial score (nSPS) is 10.6. The molecule has 0 saturated carbocycles. The lowest BCUT2D eigenvalue weighted by Crippen LogP contribution is -2.15. The zero-order valence-corrected chi connectivity index (χ0v) is 17.6. The van der Waals surface area contributed by atoms with Crippen molar-refractivity contribution in [3.63, 3.8) is 0 Å². The Balaban J connectivity index is 2.40. The SMILES string of the molecule is COC(=O)c1c(-c2cc(I)c(C)cc2O)nn(-c2ccccc2)c1C(=O)OC. The number of phenols is 1. The zero-order chi connectivity index (χ0) is 20.4. The summed E-state index contributed by atoms with van der Waals surface area (Å²) in [5, 5.41) is 15.0. The van der Waals surface area contributed by atoms with Gasteiger partial charge in [-0.3, -0.25) is 0 Å². The molecular weight excluding hydrogens is 475 g/mol. The molecule has 0 fully saturated rings. The molecule has 0 aliphatic carbocycles. The van der Waals surface area contributed by atoms with E-state index in [1.54, 1.807) is 36.4 Å². The Morgan fingerprint density at radius 3 is 2.32 bits per heavy atom. The lowest BCUT2D eigenvalue weighted by Gasteiger charge is -2.08. The first-order chi connectivity index (χ1) is 13.4. The fourth-order valence-corrected chi connectivity index (χ4v) is 3.27. The van der Waals surface area contributed by atoms with Crippen molar-refractivity contribution in [2.45, 2.75) is 6.92 Å². The summed E-state index contributed by atoms with van der Waals surface area (Å²) >= 11 is 2.13. The summed E-state index contributed by atoms with van der Waals surface area (Å²) in [6.07, 6.45) is 0. The van der Waals surface area contributed by atoms with Gasteiger partial charge in [-0.2, -0.15) is 5.10 Å². The summed E-state index contributed by atoms with van der Waals surface area (Å²) in [6.45, 7) is 1.86. The molecule has 3 aromatic rings. The van der Waals surface area contributed by atoms with Crippen LogP contribution >= 0.6 is 22.6 Å².